The number of hydrogen-bond acceptors (Lipinski definition) is 5. The number of nitrogens with two attached hydrogens (primary N) is 1. The Morgan fingerprint density at radius 3 is 2.38 bits per heavy atom. The van der Waals surface area contributed by atoms with Crippen LogP contribution in [0, 0.1) is 6.92 Å². The predicted molar refractivity (Wildman–Crippen MR) is 88.5 cm³/mol. The first kappa shape index (κ1) is 16.5. The molecule has 0 fully saturated rings. The van der Waals surface area contributed by atoms with E-state index in [0.29, 0.717) is 5.76 Å². The highest BCUT2D eigenvalue weighted by atomic mass is 32.2. The van der Waals surface area contributed by atoms with Crippen LogP contribution < -0.4 is 5.14 Å². The van der Waals surface area contributed by atoms with Crippen LogP contribution in [-0.2, 0) is 24.0 Å². The van der Waals surface area contributed by atoms with Gasteiger partial charge in [-0.3, -0.25) is 0 Å². The molecule has 0 aliphatic carbocycles. The van der Waals surface area contributed by atoms with Crippen molar-refractivity contribution < 1.29 is 22.1 Å². The van der Waals surface area contributed by atoms with Gasteiger partial charge in [-0.05, 0) is 12.5 Å². The molecular formula is C17H17NO5S. The van der Waals surface area contributed by atoms with Crippen LogP contribution in [-0.4, -0.2) is 15.0 Å². The van der Waals surface area contributed by atoms with E-state index in [1.54, 1.807) is 0 Å². The monoisotopic (exact) mass is 347 g/mol. The van der Waals surface area contributed by atoms with Gasteiger partial charge in [0.1, 0.15) is 6.61 Å². The van der Waals surface area contributed by atoms with Crippen molar-refractivity contribution in [3.8, 4) is 0 Å². The lowest BCUT2D eigenvalue weighted by Crippen LogP contribution is -2.17. The fraction of sp³-hybridized carbons (Fsp3) is 0.176. The molecule has 24 heavy (non-hydrogen) atoms. The Bertz CT molecular complexity index is 862. The van der Waals surface area contributed by atoms with E-state index in [9.17, 15) is 8.42 Å². The maximum Gasteiger partial charge on any atom is 0.333 e. The fourth-order valence-corrected chi connectivity index (χ4v) is 2.67. The van der Waals surface area contributed by atoms with Crippen LogP contribution >= 0.6 is 0 Å². The highest BCUT2D eigenvalue weighted by molar-refractivity contribution is 7.84. The molecule has 2 aromatic carbocycles. The van der Waals surface area contributed by atoms with E-state index in [0.717, 1.165) is 16.7 Å². The Labute approximate surface area is 140 Å². The molecule has 1 aliphatic heterocycles. The SMILES string of the molecule is Cc1ccccc1C1=C(COS(N)(=O)=O)OC(c2ccccc2)O1. The maximum absolute atomic E-state index is 11.1. The second-order valence-electron chi connectivity index (χ2n) is 5.30. The van der Waals surface area contributed by atoms with Gasteiger partial charge in [-0.15, -0.1) is 0 Å². The Morgan fingerprint density at radius 1 is 1.04 bits per heavy atom. The molecule has 0 saturated carbocycles. The zero-order chi connectivity index (χ0) is 17.2. The highest BCUT2D eigenvalue weighted by Gasteiger charge is 2.31. The van der Waals surface area contributed by atoms with Gasteiger partial charge in [-0.1, -0.05) is 54.6 Å². The molecule has 0 spiro atoms. The van der Waals surface area contributed by atoms with E-state index in [1.165, 1.54) is 0 Å². The molecule has 1 heterocycles. The molecule has 0 radical (unpaired) electrons. The third kappa shape index (κ3) is 3.76. The van der Waals surface area contributed by atoms with Gasteiger partial charge in [0.25, 0.3) is 6.29 Å². The van der Waals surface area contributed by atoms with Crippen molar-refractivity contribution in [3.63, 3.8) is 0 Å². The number of hydrogen-bond donors (Lipinski definition) is 1. The molecule has 0 amide bonds. The van der Waals surface area contributed by atoms with Crippen LogP contribution in [0.1, 0.15) is 23.0 Å². The summed E-state index contributed by atoms with van der Waals surface area (Å²) in [6.45, 7) is 1.60. The van der Waals surface area contributed by atoms with Gasteiger partial charge in [0, 0.05) is 11.1 Å². The quantitative estimate of drug-likeness (QED) is 0.898. The summed E-state index contributed by atoms with van der Waals surface area (Å²) < 4.78 is 38.6. The number of benzene rings is 2. The van der Waals surface area contributed by atoms with E-state index in [-0.39, 0.29) is 12.4 Å². The lowest BCUT2D eigenvalue weighted by molar-refractivity contribution is -0.0324. The van der Waals surface area contributed by atoms with E-state index >= 15 is 0 Å². The van der Waals surface area contributed by atoms with Gasteiger partial charge in [-0.2, -0.15) is 8.42 Å². The van der Waals surface area contributed by atoms with Gasteiger partial charge < -0.3 is 9.47 Å². The number of aryl methyl sites for hydroxylation is 1. The Balaban J connectivity index is 1.93. The van der Waals surface area contributed by atoms with Crippen molar-refractivity contribution in [2.75, 3.05) is 6.61 Å². The van der Waals surface area contributed by atoms with Crippen LogP contribution in [0.15, 0.2) is 60.4 Å². The third-order valence-electron chi connectivity index (χ3n) is 3.54. The molecule has 6 nitrogen and oxygen atoms in total. The summed E-state index contributed by atoms with van der Waals surface area (Å²) in [5.41, 5.74) is 2.59. The summed E-state index contributed by atoms with van der Waals surface area (Å²) in [6, 6.07) is 16.9. The molecule has 1 atom stereocenters. The summed E-state index contributed by atoms with van der Waals surface area (Å²) >= 11 is 0. The molecule has 126 valence electrons. The van der Waals surface area contributed by atoms with Gasteiger partial charge >= 0.3 is 10.3 Å². The van der Waals surface area contributed by atoms with Crippen molar-refractivity contribution in [2.45, 2.75) is 13.2 Å². The molecule has 0 saturated heterocycles. The molecule has 0 bridgehead atoms. The summed E-state index contributed by atoms with van der Waals surface area (Å²) in [6.07, 6.45) is -0.667. The predicted octanol–water partition coefficient (Wildman–Crippen LogP) is 2.63. The molecule has 3 rings (SSSR count). The second kappa shape index (κ2) is 6.64. The van der Waals surface area contributed by atoms with Gasteiger partial charge in [0.15, 0.2) is 11.5 Å². The zero-order valence-electron chi connectivity index (χ0n) is 13.0. The minimum atomic E-state index is -4.08. The second-order valence-corrected chi connectivity index (χ2v) is 6.52. The van der Waals surface area contributed by atoms with E-state index < -0.39 is 16.6 Å². The highest BCUT2D eigenvalue weighted by Crippen LogP contribution is 2.39. The lowest BCUT2D eigenvalue weighted by atomic mass is 10.1. The molecule has 1 unspecified atom stereocenters. The Morgan fingerprint density at radius 2 is 1.71 bits per heavy atom. The largest absolute Gasteiger partial charge is 0.449 e. The minimum absolute atomic E-state index is 0.284. The zero-order valence-corrected chi connectivity index (χ0v) is 13.8. The van der Waals surface area contributed by atoms with Crippen molar-refractivity contribution in [1.29, 1.82) is 0 Å². The number of rotatable bonds is 5. The fourth-order valence-electron chi connectivity index (χ4n) is 2.40. The van der Waals surface area contributed by atoms with Crippen molar-refractivity contribution >= 4 is 16.1 Å². The van der Waals surface area contributed by atoms with Crippen LogP contribution in [0.4, 0.5) is 0 Å². The Kier molecular flexibility index (Phi) is 4.57. The van der Waals surface area contributed by atoms with Crippen LogP contribution in [0.3, 0.4) is 0 Å². The Hall–Kier alpha value is -2.35. The summed E-state index contributed by atoms with van der Waals surface area (Å²) in [5.74, 6) is 0.734. The molecule has 7 heteroatoms. The first-order valence-electron chi connectivity index (χ1n) is 7.28. The molecule has 0 aromatic heterocycles. The topological polar surface area (TPSA) is 87.9 Å². The van der Waals surface area contributed by atoms with Crippen LogP contribution in [0.2, 0.25) is 0 Å². The average Bonchev–Trinajstić information content (AvgIpc) is 2.98. The standard InChI is InChI=1S/C17H17NO5S/c1-12-7-5-6-10-14(12)16-15(11-21-24(18,19)20)22-17(23-16)13-8-3-2-4-9-13/h2-10,17H,11H2,1H3,(H2,18,19,20). The van der Waals surface area contributed by atoms with Gasteiger partial charge in [-0.25, -0.2) is 9.32 Å². The van der Waals surface area contributed by atoms with Crippen molar-refractivity contribution in [3.05, 3.63) is 77.0 Å². The molecule has 1 aliphatic rings. The molecular weight excluding hydrogens is 330 g/mol. The van der Waals surface area contributed by atoms with Crippen molar-refractivity contribution in [1.82, 2.24) is 0 Å². The van der Waals surface area contributed by atoms with Gasteiger partial charge in [0.2, 0.25) is 0 Å². The van der Waals surface area contributed by atoms with E-state index in [2.05, 4.69) is 4.18 Å². The first-order valence-corrected chi connectivity index (χ1v) is 8.76. The minimum Gasteiger partial charge on any atom is -0.449 e. The lowest BCUT2D eigenvalue weighted by Gasteiger charge is -2.12. The van der Waals surface area contributed by atoms with Gasteiger partial charge in [0.05, 0.1) is 0 Å². The number of ether oxygens (including phenoxy) is 2. The summed E-state index contributed by atoms with van der Waals surface area (Å²) in [5, 5.41) is 4.90. The summed E-state index contributed by atoms with van der Waals surface area (Å²) in [4.78, 5) is 0. The maximum atomic E-state index is 11.1. The van der Waals surface area contributed by atoms with Crippen LogP contribution in [0.5, 0.6) is 0 Å². The molecule has 2 N–H and O–H groups in total. The third-order valence-corrected chi connectivity index (χ3v) is 3.99. The van der Waals surface area contributed by atoms with E-state index in [1.807, 2.05) is 61.5 Å². The smallest absolute Gasteiger partial charge is 0.333 e. The first-order chi connectivity index (χ1) is 11.4. The van der Waals surface area contributed by atoms with E-state index in [4.69, 9.17) is 14.6 Å². The summed E-state index contributed by atoms with van der Waals surface area (Å²) in [7, 11) is -4.08. The normalized spacial score (nSPS) is 17.5. The average molecular weight is 347 g/mol. The molecule has 2 aromatic rings. The van der Waals surface area contributed by atoms with Crippen molar-refractivity contribution in [2.24, 2.45) is 5.14 Å². The van der Waals surface area contributed by atoms with Crippen LogP contribution in [0.25, 0.3) is 5.76 Å².